The van der Waals surface area contributed by atoms with Crippen molar-refractivity contribution in [2.24, 2.45) is 0 Å². The van der Waals surface area contributed by atoms with Crippen molar-refractivity contribution < 1.29 is 33.9 Å². The molecule has 216 valence electrons. The van der Waals surface area contributed by atoms with Gasteiger partial charge in [0.1, 0.15) is 5.75 Å². The molecule has 0 aromatic heterocycles. The fraction of sp³-hybridized carbons (Fsp3) is 0.250. The van der Waals surface area contributed by atoms with Crippen molar-refractivity contribution >= 4 is 0 Å². The maximum atomic E-state index is 8.63. The fourth-order valence-electron chi connectivity index (χ4n) is 2.74. The molecule has 0 heterocycles. The molecule has 0 fully saturated rings. The normalized spacial score (nSPS) is 8.62. The topological polar surface area (TPSA) is 57.5 Å². The van der Waals surface area contributed by atoms with E-state index in [4.69, 9.17) is 13.5 Å². The first kappa shape index (κ1) is 38.9. The number of phenols is 1. The predicted molar refractivity (Wildman–Crippen MR) is 167 cm³/mol. The summed E-state index contributed by atoms with van der Waals surface area (Å²) >= 11 is 0.750. The molecule has 0 aliphatic rings. The molecule has 0 aliphatic carbocycles. The summed E-state index contributed by atoms with van der Waals surface area (Å²) in [6.45, 7) is 16.2. The van der Waals surface area contributed by atoms with Crippen molar-refractivity contribution in [3.05, 3.63) is 156 Å². The van der Waals surface area contributed by atoms with Gasteiger partial charge >= 0.3 is 23.7 Å². The zero-order chi connectivity index (χ0) is 30.8. The van der Waals surface area contributed by atoms with Crippen molar-refractivity contribution in [2.75, 3.05) is 0 Å². The zero-order valence-corrected chi connectivity index (χ0v) is 27.0. The van der Waals surface area contributed by atoms with E-state index in [1.165, 1.54) is 34.4 Å². The second-order valence-electron chi connectivity index (χ2n) is 9.53. The Bertz CT molecular complexity index is 930. The molecule has 2 N–H and O–H groups in total. The standard InChI is InChI=1S/3C9H11.C6H6O.C3H8O.O.Ti/c3*1-8(2)9-6-4-3-5-7-9;7-6-4-2-1-3-5-6;1-3(2)4;;/h3*3-7H,1-2H3;1-5,7H;3-4H,1-2H3;;/q3*-1;;;;. The Kier molecular flexibility index (Phi) is 25.3. The molecule has 4 aromatic rings. The van der Waals surface area contributed by atoms with Gasteiger partial charge < -0.3 is 10.2 Å². The van der Waals surface area contributed by atoms with Crippen LogP contribution in [0.25, 0.3) is 0 Å². The number of benzene rings is 4. The Morgan fingerprint density at radius 3 is 0.750 bits per heavy atom. The summed E-state index contributed by atoms with van der Waals surface area (Å²) < 4.78 is 8.25. The maximum absolute atomic E-state index is 8.63. The molecule has 0 amide bonds. The van der Waals surface area contributed by atoms with Crippen molar-refractivity contribution in [1.29, 1.82) is 0 Å². The van der Waals surface area contributed by atoms with E-state index in [0.717, 1.165) is 20.4 Å². The quantitative estimate of drug-likeness (QED) is 0.189. The van der Waals surface area contributed by atoms with Gasteiger partial charge in [0.2, 0.25) is 0 Å². The second kappa shape index (κ2) is 26.0. The molecule has 4 heteroatoms. The molecular formula is C36H47O3Ti-3. The Morgan fingerprint density at radius 2 is 0.650 bits per heavy atom. The van der Waals surface area contributed by atoms with Gasteiger partial charge in [0, 0.05) is 6.10 Å². The van der Waals surface area contributed by atoms with Crippen LogP contribution in [0.5, 0.6) is 5.75 Å². The number of aromatic hydroxyl groups is 1. The number of phenolic OH excluding ortho intramolecular Hbond substituents is 1. The van der Waals surface area contributed by atoms with Gasteiger partial charge in [0.05, 0.1) is 0 Å². The second-order valence-corrected chi connectivity index (χ2v) is 9.53. The van der Waals surface area contributed by atoms with Crippen LogP contribution < -0.4 is 0 Å². The molecule has 0 aliphatic heterocycles. The van der Waals surface area contributed by atoms with Gasteiger partial charge in [-0.2, -0.15) is 70.8 Å². The average Bonchev–Trinajstić information content (AvgIpc) is 2.97. The summed E-state index contributed by atoms with van der Waals surface area (Å²) in [5.74, 6) is 4.43. The number of aliphatic hydroxyl groups excluding tert-OH is 1. The van der Waals surface area contributed by atoms with E-state index in [-0.39, 0.29) is 6.10 Å². The molecule has 40 heavy (non-hydrogen) atoms. The first-order valence-electron chi connectivity index (χ1n) is 13.2. The first-order chi connectivity index (χ1) is 19.0. The number of aliphatic hydroxyl groups is 1. The average molecular weight is 576 g/mol. The monoisotopic (exact) mass is 575 g/mol. The van der Waals surface area contributed by atoms with Crippen molar-refractivity contribution in [1.82, 2.24) is 0 Å². The molecular weight excluding hydrogens is 528 g/mol. The van der Waals surface area contributed by atoms with Gasteiger partial charge in [-0.3, -0.25) is 0 Å². The Labute approximate surface area is 256 Å². The third-order valence-electron chi connectivity index (χ3n) is 4.81. The molecule has 0 spiro atoms. The molecule has 0 unspecified atom stereocenters. The van der Waals surface area contributed by atoms with Crippen molar-refractivity contribution in [3.8, 4) is 5.75 Å². The van der Waals surface area contributed by atoms with Crippen molar-refractivity contribution in [3.63, 3.8) is 0 Å². The summed E-state index contributed by atoms with van der Waals surface area (Å²) in [5.41, 5.74) is 3.99. The van der Waals surface area contributed by atoms with E-state index in [0.29, 0.717) is 5.75 Å². The Hall–Kier alpha value is -3.24. The molecule has 4 rings (SSSR count). The molecule has 0 radical (unpaired) electrons. The van der Waals surface area contributed by atoms with Crippen LogP contribution in [0.15, 0.2) is 121 Å². The molecule has 0 atom stereocenters. The SMILES string of the molecule is CC(C)O.C[C-](C)c1ccccc1.C[C-](C)c1ccccc1.C[C-](C)c1ccccc1.Oc1ccccc1.[O]=[Ti]. The predicted octanol–water partition coefficient (Wildman–Crippen LogP) is 9.60. The minimum atomic E-state index is -0.167. The van der Waals surface area contributed by atoms with Crippen molar-refractivity contribution in [2.45, 2.75) is 61.5 Å². The van der Waals surface area contributed by atoms with Gasteiger partial charge in [0.15, 0.2) is 0 Å². The van der Waals surface area contributed by atoms with Crippen LogP contribution in [0.1, 0.15) is 72.1 Å². The molecule has 3 nitrogen and oxygen atoms in total. The Morgan fingerprint density at radius 1 is 0.475 bits per heavy atom. The third-order valence-corrected chi connectivity index (χ3v) is 4.81. The van der Waals surface area contributed by atoms with Gasteiger partial charge in [-0.15, -0.1) is 36.4 Å². The van der Waals surface area contributed by atoms with Crippen LogP contribution in [0.3, 0.4) is 0 Å². The van der Waals surface area contributed by atoms with E-state index < -0.39 is 0 Å². The van der Waals surface area contributed by atoms with Gasteiger partial charge in [-0.05, 0) is 26.0 Å². The summed E-state index contributed by atoms with van der Waals surface area (Å²) in [5, 5.41) is 16.7. The first-order valence-corrected chi connectivity index (χ1v) is 13.9. The molecule has 0 bridgehead atoms. The van der Waals surface area contributed by atoms with Crippen LogP contribution >= 0.6 is 0 Å². The molecule has 4 aromatic carbocycles. The number of para-hydroxylation sites is 1. The Balaban J connectivity index is 0. The van der Waals surface area contributed by atoms with E-state index in [1.54, 1.807) is 38.1 Å². The van der Waals surface area contributed by atoms with Gasteiger partial charge in [-0.1, -0.05) is 77.9 Å². The van der Waals surface area contributed by atoms with Gasteiger partial charge in [-0.25, -0.2) is 0 Å². The minimum absolute atomic E-state index is 0.167. The molecule has 0 saturated heterocycles. The fourth-order valence-corrected chi connectivity index (χ4v) is 2.74. The third kappa shape index (κ3) is 23.9. The van der Waals surface area contributed by atoms with E-state index in [1.807, 2.05) is 24.3 Å². The summed E-state index contributed by atoms with van der Waals surface area (Å²) in [6, 6.07) is 39.9. The zero-order valence-electron chi connectivity index (χ0n) is 25.4. The van der Waals surface area contributed by atoms with E-state index in [9.17, 15) is 0 Å². The van der Waals surface area contributed by atoms with Crippen LogP contribution in [-0.4, -0.2) is 16.3 Å². The van der Waals surface area contributed by atoms with E-state index in [2.05, 4.69) is 114 Å². The summed E-state index contributed by atoms with van der Waals surface area (Å²) in [4.78, 5) is 0. The van der Waals surface area contributed by atoms with Crippen LogP contribution in [-0.2, 0) is 23.7 Å². The summed E-state index contributed by atoms with van der Waals surface area (Å²) in [7, 11) is 0. The van der Waals surface area contributed by atoms with Crippen LogP contribution in [0, 0.1) is 17.8 Å². The van der Waals surface area contributed by atoms with Crippen LogP contribution in [0.2, 0.25) is 0 Å². The number of rotatable bonds is 3. The number of hydrogen-bond acceptors (Lipinski definition) is 3. The van der Waals surface area contributed by atoms with Gasteiger partial charge in [0.25, 0.3) is 0 Å². The number of hydrogen-bond donors (Lipinski definition) is 2. The van der Waals surface area contributed by atoms with E-state index >= 15 is 0 Å². The van der Waals surface area contributed by atoms with Crippen LogP contribution in [0.4, 0.5) is 0 Å². The molecule has 0 saturated carbocycles. The summed E-state index contributed by atoms with van der Waals surface area (Å²) in [6.07, 6.45) is -0.167.